The molecule has 0 radical (unpaired) electrons. The molecule has 1 aliphatic rings. The van der Waals surface area contributed by atoms with E-state index >= 15 is 0 Å². The Balaban J connectivity index is 2.30. The summed E-state index contributed by atoms with van der Waals surface area (Å²) in [4.78, 5) is 24.9. The predicted octanol–water partition coefficient (Wildman–Crippen LogP) is 2.58. The largest absolute Gasteiger partial charge is 0.465 e. The van der Waals surface area contributed by atoms with Gasteiger partial charge >= 0.3 is 6.09 Å². The zero-order valence-corrected chi connectivity index (χ0v) is 13.0. The van der Waals surface area contributed by atoms with Crippen LogP contribution >= 0.6 is 0 Å². The molecule has 0 aliphatic carbocycles. The smallest absolute Gasteiger partial charge is 0.408 e. The Morgan fingerprint density at radius 3 is 2.55 bits per heavy atom. The second-order valence-electron chi connectivity index (χ2n) is 6.54. The first-order valence-corrected chi connectivity index (χ1v) is 7.26. The summed E-state index contributed by atoms with van der Waals surface area (Å²) in [6.45, 7) is 5.53. The SMILES string of the molecule is CC(C)(C)N(C(=O)O)[C@H]1C[C@@H](c2ccccc2F)CNC1=O. The second-order valence-corrected chi connectivity index (χ2v) is 6.54. The van der Waals surface area contributed by atoms with Crippen LogP contribution in [0.3, 0.4) is 0 Å². The van der Waals surface area contributed by atoms with E-state index in [9.17, 15) is 19.1 Å². The highest BCUT2D eigenvalue weighted by atomic mass is 19.1. The van der Waals surface area contributed by atoms with E-state index in [1.807, 2.05) is 0 Å². The van der Waals surface area contributed by atoms with Gasteiger partial charge in [0, 0.05) is 18.0 Å². The number of carbonyl (C=O) groups is 2. The van der Waals surface area contributed by atoms with E-state index in [1.54, 1.807) is 39.0 Å². The van der Waals surface area contributed by atoms with Crippen molar-refractivity contribution in [3.8, 4) is 0 Å². The zero-order valence-electron chi connectivity index (χ0n) is 13.0. The second kappa shape index (κ2) is 5.94. The minimum absolute atomic E-state index is 0.243. The first-order valence-electron chi connectivity index (χ1n) is 7.26. The maximum Gasteiger partial charge on any atom is 0.408 e. The standard InChI is InChI=1S/C16H21FN2O3/c1-16(2,3)19(15(21)22)13-8-10(9-18-14(13)20)11-6-4-5-7-12(11)17/h4-7,10,13H,8-9H2,1-3H3,(H,18,20)(H,21,22)/t10-,13+/m1/s1. The third kappa shape index (κ3) is 3.21. The van der Waals surface area contributed by atoms with Crippen LogP contribution in [0.5, 0.6) is 0 Å². The summed E-state index contributed by atoms with van der Waals surface area (Å²) >= 11 is 0. The maximum atomic E-state index is 13.9. The lowest BCUT2D eigenvalue weighted by Gasteiger charge is -2.42. The Hall–Kier alpha value is -2.11. The number of halogens is 1. The van der Waals surface area contributed by atoms with Gasteiger partial charge in [-0.3, -0.25) is 9.69 Å². The summed E-state index contributed by atoms with van der Waals surface area (Å²) in [5.41, 5.74) is -0.211. The number of nitrogens with zero attached hydrogens (tertiary/aromatic N) is 1. The van der Waals surface area contributed by atoms with E-state index in [2.05, 4.69) is 5.32 Å². The zero-order chi connectivity index (χ0) is 16.5. The molecule has 2 N–H and O–H groups in total. The fraction of sp³-hybridized carbons (Fsp3) is 0.500. The average molecular weight is 308 g/mol. The van der Waals surface area contributed by atoms with E-state index in [0.29, 0.717) is 12.1 Å². The normalized spacial score (nSPS) is 22.1. The van der Waals surface area contributed by atoms with E-state index in [4.69, 9.17) is 0 Å². The van der Waals surface area contributed by atoms with Gasteiger partial charge in [-0.15, -0.1) is 0 Å². The highest BCUT2D eigenvalue weighted by molar-refractivity contribution is 5.86. The van der Waals surface area contributed by atoms with Crippen LogP contribution in [0.1, 0.15) is 38.7 Å². The molecule has 1 heterocycles. The van der Waals surface area contributed by atoms with E-state index in [0.717, 1.165) is 4.90 Å². The molecule has 6 heteroatoms. The molecule has 0 spiro atoms. The molecule has 120 valence electrons. The Morgan fingerprint density at radius 2 is 2.00 bits per heavy atom. The molecule has 0 unspecified atom stereocenters. The summed E-state index contributed by atoms with van der Waals surface area (Å²) in [6, 6.07) is 5.57. The number of amides is 2. The Bertz CT molecular complexity index is 583. The Kier molecular flexibility index (Phi) is 4.39. The number of hydrogen-bond acceptors (Lipinski definition) is 2. The van der Waals surface area contributed by atoms with Crippen LogP contribution in [0.15, 0.2) is 24.3 Å². The molecule has 0 saturated carbocycles. The number of piperidine rings is 1. The van der Waals surface area contributed by atoms with Crippen molar-refractivity contribution in [3.63, 3.8) is 0 Å². The minimum atomic E-state index is -1.15. The monoisotopic (exact) mass is 308 g/mol. The van der Waals surface area contributed by atoms with E-state index in [1.165, 1.54) is 6.07 Å². The van der Waals surface area contributed by atoms with Gasteiger partial charge in [-0.1, -0.05) is 18.2 Å². The summed E-state index contributed by atoms with van der Waals surface area (Å²) in [7, 11) is 0. The van der Waals surface area contributed by atoms with Crippen molar-refractivity contribution in [2.75, 3.05) is 6.54 Å². The van der Waals surface area contributed by atoms with Gasteiger partial charge in [-0.05, 0) is 38.8 Å². The molecule has 22 heavy (non-hydrogen) atoms. The van der Waals surface area contributed by atoms with Gasteiger partial charge in [0.05, 0.1) is 0 Å². The van der Waals surface area contributed by atoms with Crippen molar-refractivity contribution < 1.29 is 19.1 Å². The van der Waals surface area contributed by atoms with Gasteiger partial charge in [-0.25, -0.2) is 9.18 Å². The number of nitrogens with one attached hydrogen (secondary N) is 1. The van der Waals surface area contributed by atoms with E-state index in [-0.39, 0.29) is 24.1 Å². The van der Waals surface area contributed by atoms with Gasteiger partial charge < -0.3 is 10.4 Å². The number of rotatable bonds is 2. The van der Waals surface area contributed by atoms with Gasteiger partial charge in [-0.2, -0.15) is 0 Å². The minimum Gasteiger partial charge on any atom is -0.465 e. The molecular weight excluding hydrogens is 287 g/mol. The van der Waals surface area contributed by atoms with Crippen LogP contribution in [0.4, 0.5) is 9.18 Å². The highest BCUT2D eigenvalue weighted by Crippen LogP contribution is 2.30. The number of carbonyl (C=O) groups excluding carboxylic acids is 1. The van der Waals surface area contributed by atoms with Crippen molar-refractivity contribution in [1.82, 2.24) is 10.2 Å². The molecule has 1 saturated heterocycles. The van der Waals surface area contributed by atoms with Gasteiger partial charge in [0.1, 0.15) is 11.9 Å². The third-order valence-corrected chi connectivity index (χ3v) is 3.92. The van der Waals surface area contributed by atoms with Gasteiger partial charge in [0.15, 0.2) is 0 Å². The maximum absolute atomic E-state index is 13.9. The van der Waals surface area contributed by atoms with E-state index < -0.39 is 17.7 Å². The van der Waals surface area contributed by atoms with Crippen LogP contribution in [0, 0.1) is 5.82 Å². The van der Waals surface area contributed by atoms with Crippen LogP contribution in [0.2, 0.25) is 0 Å². The lowest BCUT2D eigenvalue weighted by Crippen LogP contribution is -2.59. The first-order chi connectivity index (χ1) is 10.2. The lowest BCUT2D eigenvalue weighted by atomic mass is 9.86. The van der Waals surface area contributed by atoms with Gasteiger partial charge in [0.25, 0.3) is 0 Å². The summed E-state index contributed by atoms with van der Waals surface area (Å²) < 4.78 is 13.9. The fourth-order valence-corrected chi connectivity index (χ4v) is 2.95. The van der Waals surface area contributed by atoms with Crippen molar-refractivity contribution in [1.29, 1.82) is 0 Å². The molecular formula is C16H21FN2O3. The first kappa shape index (κ1) is 16.3. The van der Waals surface area contributed by atoms with Crippen molar-refractivity contribution >= 4 is 12.0 Å². The predicted molar refractivity (Wildman–Crippen MR) is 80.2 cm³/mol. The topological polar surface area (TPSA) is 69.6 Å². The van der Waals surface area contributed by atoms with Crippen LogP contribution in [0.25, 0.3) is 0 Å². The van der Waals surface area contributed by atoms with Crippen molar-refractivity contribution in [2.45, 2.75) is 44.7 Å². The van der Waals surface area contributed by atoms with Gasteiger partial charge in [0.2, 0.25) is 5.91 Å². The quantitative estimate of drug-likeness (QED) is 0.882. The molecule has 2 amide bonds. The summed E-state index contributed by atoms with van der Waals surface area (Å²) in [5, 5.41) is 12.2. The van der Waals surface area contributed by atoms with Crippen molar-refractivity contribution in [3.05, 3.63) is 35.6 Å². The van der Waals surface area contributed by atoms with Crippen LogP contribution in [-0.2, 0) is 4.79 Å². The summed E-state index contributed by atoms with van der Waals surface area (Å²) in [5.74, 6) is -0.905. The molecule has 5 nitrogen and oxygen atoms in total. The molecule has 0 bridgehead atoms. The Morgan fingerprint density at radius 1 is 1.36 bits per heavy atom. The fourth-order valence-electron chi connectivity index (χ4n) is 2.95. The Labute approximate surface area is 129 Å². The van der Waals surface area contributed by atoms with Crippen molar-refractivity contribution in [2.24, 2.45) is 0 Å². The van der Waals surface area contributed by atoms with Crippen LogP contribution < -0.4 is 5.32 Å². The number of benzene rings is 1. The molecule has 1 aliphatic heterocycles. The highest BCUT2D eigenvalue weighted by Gasteiger charge is 2.41. The molecule has 2 rings (SSSR count). The molecule has 2 atom stereocenters. The molecule has 0 aromatic heterocycles. The third-order valence-electron chi connectivity index (χ3n) is 3.92. The molecule has 1 aromatic carbocycles. The summed E-state index contributed by atoms with van der Waals surface area (Å²) in [6.07, 6.45) is -0.877. The van der Waals surface area contributed by atoms with Crippen LogP contribution in [-0.4, -0.2) is 40.1 Å². The number of hydrogen-bond donors (Lipinski definition) is 2. The lowest BCUT2D eigenvalue weighted by molar-refractivity contribution is -0.130. The number of carboxylic acid groups (broad SMARTS) is 1. The molecule has 1 fully saturated rings. The average Bonchev–Trinajstić information content (AvgIpc) is 2.40. The molecule has 1 aromatic rings.